The fourth-order valence-corrected chi connectivity index (χ4v) is 2.20. The van der Waals surface area contributed by atoms with Crippen molar-refractivity contribution >= 4 is 11.9 Å². The molecule has 2 aromatic rings. The van der Waals surface area contributed by atoms with E-state index in [1.807, 2.05) is 19.2 Å². The minimum atomic E-state index is -0.463. The van der Waals surface area contributed by atoms with Gasteiger partial charge in [0.15, 0.2) is 0 Å². The van der Waals surface area contributed by atoms with E-state index in [9.17, 15) is 5.11 Å². The van der Waals surface area contributed by atoms with Gasteiger partial charge in [-0.25, -0.2) is 4.09 Å². The van der Waals surface area contributed by atoms with Crippen LogP contribution in [0.1, 0.15) is 30.7 Å². The van der Waals surface area contributed by atoms with Gasteiger partial charge in [-0.3, -0.25) is 0 Å². The molecule has 17 heavy (non-hydrogen) atoms. The summed E-state index contributed by atoms with van der Waals surface area (Å²) in [6.07, 6.45) is 2.10. The Morgan fingerprint density at radius 2 is 2.00 bits per heavy atom. The maximum absolute atomic E-state index is 9.66. The highest BCUT2D eigenvalue weighted by Gasteiger charge is 2.08. The number of benzene rings is 1. The van der Waals surface area contributed by atoms with E-state index in [0.29, 0.717) is 6.42 Å². The summed E-state index contributed by atoms with van der Waals surface area (Å²) in [6.45, 7) is 4.01. The lowest BCUT2D eigenvalue weighted by Crippen LogP contribution is -1.97. The zero-order chi connectivity index (χ0) is 12.3. The number of nitrogens with zero attached hydrogens (tertiary/aromatic N) is 2. The highest BCUT2D eigenvalue weighted by molar-refractivity contribution is 7.97. The van der Waals surface area contributed by atoms with Crippen molar-refractivity contribution in [2.75, 3.05) is 0 Å². The fourth-order valence-electron chi connectivity index (χ4n) is 1.47. The van der Waals surface area contributed by atoms with Crippen molar-refractivity contribution in [3.05, 3.63) is 47.8 Å². The van der Waals surface area contributed by atoms with Gasteiger partial charge in [0, 0.05) is 23.0 Å². The van der Waals surface area contributed by atoms with Gasteiger partial charge in [-0.05, 0) is 31.5 Å². The zero-order valence-electron chi connectivity index (χ0n) is 10.00. The largest absolute Gasteiger partial charge is 0.387 e. The van der Waals surface area contributed by atoms with Crippen molar-refractivity contribution in [1.82, 2.24) is 9.19 Å². The minimum absolute atomic E-state index is 0.463. The molecule has 0 bridgehead atoms. The lowest BCUT2D eigenvalue weighted by molar-refractivity contribution is 0.168. The molecule has 2 rings (SSSR count). The van der Waals surface area contributed by atoms with Gasteiger partial charge in [0.1, 0.15) is 0 Å². The Hall–Kier alpha value is -1.26. The van der Waals surface area contributed by atoms with Crippen LogP contribution in [0.25, 0.3) is 0 Å². The van der Waals surface area contributed by atoms with Gasteiger partial charge in [0.05, 0.1) is 11.8 Å². The summed E-state index contributed by atoms with van der Waals surface area (Å²) in [5, 5.41) is 14.0. The summed E-state index contributed by atoms with van der Waals surface area (Å²) < 4.78 is 1.78. The summed E-state index contributed by atoms with van der Waals surface area (Å²) >= 11 is 1.54. The Bertz CT molecular complexity index is 478. The molecule has 1 aromatic heterocycles. The summed E-state index contributed by atoms with van der Waals surface area (Å²) in [5.74, 6) is 0. The van der Waals surface area contributed by atoms with Gasteiger partial charge >= 0.3 is 0 Å². The second-order valence-corrected chi connectivity index (χ2v) is 5.00. The molecular formula is C13H16N2OS. The molecule has 3 nitrogen and oxygen atoms in total. The molecule has 1 aromatic carbocycles. The van der Waals surface area contributed by atoms with E-state index in [2.05, 4.69) is 36.3 Å². The highest BCUT2D eigenvalue weighted by atomic mass is 32.2. The van der Waals surface area contributed by atoms with E-state index in [-0.39, 0.29) is 0 Å². The second kappa shape index (κ2) is 5.38. The van der Waals surface area contributed by atoms with Crippen LogP contribution in [-0.4, -0.2) is 14.3 Å². The van der Waals surface area contributed by atoms with E-state index >= 15 is 0 Å². The van der Waals surface area contributed by atoms with Crippen molar-refractivity contribution in [2.45, 2.75) is 31.3 Å². The predicted molar refractivity (Wildman–Crippen MR) is 69.9 cm³/mol. The van der Waals surface area contributed by atoms with E-state index < -0.39 is 6.10 Å². The van der Waals surface area contributed by atoms with Crippen LogP contribution in [0.2, 0.25) is 0 Å². The van der Waals surface area contributed by atoms with Crippen LogP contribution in [0, 0.1) is 6.92 Å². The molecule has 0 saturated heterocycles. The molecule has 90 valence electrons. The third-order valence-corrected chi connectivity index (χ3v) is 3.41. The van der Waals surface area contributed by atoms with Crippen LogP contribution in [0.4, 0.5) is 0 Å². The Balaban J connectivity index is 2.08. The van der Waals surface area contributed by atoms with Crippen LogP contribution in [0.15, 0.2) is 41.4 Å². The number of aliphatic hydroxyl groups excluding tert-OH is 1. The second-order valence-electron chi connectivity index (χ2n) is 3.97. The Morgan fingerprint density at radius 1 is 1.29 bits per heavy atom. The molecule has 0 aliphatic heterocycles. The molecule has 0 spiro atoms. The third-order valence-electron chi connectivity index (χ3n) is 2.53. The monoisotopic (exact) mass is 248 g/mol. The molecule has 0 amide bonds. The number of aromatic nitrogens is 2. The number of aryl methyl sites for hydroxylation is 1. The predicted octanol–water partition coefficient (Wildman–Crippen LogP) is 3.19. The number of hydrogen-bond donors (Lipinski definition) is 1. The molecule has 0 aliphatic carbocycles. The molecule has 1 heterocycles. The van der Waals surface area contributed by atoms with Crippen molar-refractivity contribution in [1.29, 1.82) is 0 Å². The van der Waals surface area contributed by atoms with Gasteiger partial charge in [-0.15, -0.1) is 0 Å². The molecule has 0 saturated carbocycles. The van der Waals surface area contributed by atoms with Crippen molar-refractivity contribution in [3.63, 3.8) is 0 Å². The molecule has 0 aliphatic rings. The van der Waals surface area contributed by atoms with Gasteiger partial charge in [0.25, 0.3) is 0 Å². The SMILES string of the molecule is CCC(O)c1ccn(Sc2ccc(C)cc2)n1. The van der Waals surface area contributed by atoms with Crippen molar-refractivity contribution in [2.24, 2.45) is 0 Å². The van der Waals surface area contributed by atoms with Crippen LogP contribution >= 0.6 is 11.9 Å². The third kappa shape index (κ3) is 3.11. The first-order chi connectivity index (χ1) is 8.19. The molecule has 1 N–H and O–H groups in total. The van der Waals surface area contributed by atoms with Crippen molar-refractivity contribution < 1.29 is 5.11 Å². The van der Waals surface area contributed by atoms with Crippen LogP contribution < -0.4 is 0 Å². The quantitative estimate of drug-likeness (QED) is 0.903. The molecule has 0 fully saturated rings. The normalized spacial score (nSPS) is 12.6. The lowest BCUT2D eigenvalue weighted by atomic mass is 10.2. The first kappa shape index (κ1) is 12.2. The Morgan fingerprint density at radius 3 is 2.65 bits per heavy atom. The Labute approximate surface area is 106 Å². The molecule has 0 radical (unpaired) electrons. The molecular weight excluding hydrogens is 232 g/mol. The molecule has 1 atom stereocenters. The first-order valence-corrected chi connectivity index (χ1v) is 6.45. The van der Waals surface area contributed by atoms with E-state index in [1.165, 1.54) is 17.5 Å². The van der Waals surface area contributed by atoms with Crippen molar-refractivity contribution in [3.8, 4) is 0 Å². The highest BCUT2D eigenvalue weighted by Crippen LogP contribution is 2.22. The number of aliphatic hydroxyl groups is 1. The van der Waals surface area contributed by atoms with E-state index in [1.54, 1.807) is 4.09 Å². The Kier molecular flexibility index (Phi) is 3.86. The number of rotatable bonds is 4. The van der Waals surface area contributed by atoms with Gasteiger partial charge in [0.2, 0.25) is 0 Å². The standard InChI is InChI=1S/C13H16N2OS/c1-3-13(16)12-8-9-15(14-12)17-11-6-4-10(2)5-7-11/h4-9,13,16H,3H2,1-2H3. The summed E-state index contributed by atoms with van der Waals surface area (Å²) in [4.78, 5) is 1.14. The van der Waals surface area contributed by atoms with Crippen LogP contribution in [0.3, 0.4) is 0 Å². The van der Waals surface area contributed by atoms with E-state index in [0.717, 1.165) is 10.6 Å². The first-order valence-electron chi connectivity index (χ1n) is 5.67. The summed E-state index contributed by atoms with van der Waals surface area (Å²) in [6, 6.07) is 10.1. The molecule has 4 heteroatoms. The maximum atomic E-state index is 9.66. The van der Waals surface area contributed by atoms with Crippen LogP contribution in [0.5, 0.6) is 0 Å². The molecule has 1 unspecified atom stereocenters. The minimum Gasteiger partial charge on any atom is -0.387 e. The van der Waals surface area contributed by atoms with Gasteiger partial charge in [-0.2, -0.15) is 5.10 Å². The topological polar surface area (TPSA) is 38.0 Å². The fraction of sp³-hybridized carbons (Fsp3) is 0.308. The summed E-state index contributed by atoms with van der Waals surface area (Å²) in [5.41, 5.74) is 1.98. The maximum Gasteiger partial charge on any atom is 0.0976 e. The lowest BCUT2D eigenvalue weighted by Gasteiger charge is -2.03. The number of hydrogen-bond acceptors (Lipinski definition) is 3. The average Bonchev–Trinajstić information content (AvgIpc) is 2.80. The smallest absolute Gasteiger partial charge is 0.0976 e. The summed E-state index contributed by atoms with van der Waals surface area (Å²) in [7, 11) is 0. The van der Waals surface area contributed by atoms with E-state index in [4.69, 9.17) is 0 Å². The van der Waals surface area contributed by atoms with Gasteiger partial charge in [-0.1, -0.05) is 24.6 Å². The zero-order valence-corrected chi connectivity index (χ0v) is 10.8. The van der Waals surface area contributed by atoms with Crippen LogP contribution in [-0.2, 0) is 0 Å². The van der Waals surface area contributed by atoms with Gasteiger partial charge < -0.3 is 5.11 Å². The average molecular weight is 248 g/mol.